The van der Waals surface area contributed by atoms with Crippen LogP contribution in [-0.2, 0) is 19.8 Å². The van der Waals surface area contributed by atoms with Crippen molar-refractivity contribution in [3.8, 4) is 0 Å². The van der Waals surface area contributed by atoms with Gasteiger partial charge in [-0.15, -0.1) is 0 Å². The van der Waals surface area contributed by atoms with E-state index in [9.17, 15) is 18.0 Å². The molecule has 8 nitrogen and oxygen atoms in total. The zero-order valence-corrected chi connectivity index (χ0v) is 21.6. The summed E-state index contributed by atoms with van der Waals surface area (Å²) in [5.74, 6) is 0.597. The number of amides is 2. The van der Waals surface area contributed by atoms with Crippen LogP contribution in [0.1, 0.15) is 38.5 Å². The van der Waals surface area contributed by atoms with E-state index in [4.69, 9.17) is 40.5 Å². The molecule has 5 fully saturated rings. The first kappa shape index (κ1) is 24.4. The van der Waals surface area contributed by atoms with Crippen molar-refractivity contribution in [2.45, 2.75) is 44.6 Å². The quantitative estimate of drug-likeness (QED) is 0.567. The molecule has 0 radical (unpaired) electrons. The van der Waals surface area contributed by atoms with E-state index >= 15 is 0 Å². The Morgan fingerprint density at radius 3 is 2.26 bits per heavy atom. The van der Waals surface area contributed by atoms with Crippen LogP contribution in [0.3, 0.4) is 0 Å². The molecule has 2 amide bonds. The highest BCUT2D eigenvalue weighted by Crippen LogP contribution is 2.61. The van der Waals surface area contributed by atoms with Crippen LogP contribution >= 0.6 is 34.8 Å². The lowest BCUT2D eigenvalue weighted by atomic mass is 9.47. The first-order chi connectivity index (χ1) is 16.0. The molecular weight excluding hydrogens is 523 g/mol. The molecule has 5 aliphatic rings. The van der Waals surface area contributed by atoms with Gasteiger partial charge in [-0.05, 0) is 67.4 Å². The highest BCUT2D eigenvalue weighted by molar-refractivity contribution is 7.90. The maximum absolute atomic E-state index is 13.2. The second kappa shape index (κ2) is 8.69. The molecule has 4 bridgehead atoms. The number of nitrogens with one attached hydrogen (secondary N) is 1. The van der Waals surface area contributed by atoms with Crippen molar-refractivity contribution >= 4 is 62.5 Å². The van der Waals surface area contributed by atoms with Crippen LogP contribution in [0, 0.1) is 23.2 Å². The largest absolute Gasteiger partial charge is 0.370 e. The molecule has 1 aliphatic heterocycles. The lowest BCUT2D eigenvalue weighted by Crippen LogP contribution is -2.60. The van der Waals surface area contributed by atoms with Crippen molar-refractivity contribution in [2.24, 2.45) is 28.9 Å². The van der Waals surface area contributed by atoms with Gasteiger partial charge < -0.3 is 11.1 Å². The summed E-state index contributed by atoms with van der Waals surface area (Å²) in [5, 5.41) is 3.70. The highest BCUT2D eigenvalue weighted by atomic mass is 35.5. The van der Waals surface area contributed by atoms with Gasteiger partial charge in [0.05, 0.1) is 22.3 Å². The lowest BCUT2D eigenvalue weighted by Gasteiger charge is -2.60. The molecule has 3 N–H and O–H groups in total. The third-order valence-corrected chi connectivity index (χ3v) is 10.7. The molecule has 186 valence electrons. The number of primary amides is 1. The monoisotopic (exact) mass is 548 g/mol. The summed E-state index contributed by atoms with van der Waals surface area (Å²) in [7, 11) is -3.98. The first-order valence-corrected chi connectivity index (χ1v) is 14.0. The molecule has 2 unspecified atom stereocenters. The predicted molar refractivity (Wildman–Crippen MR) is 131 cm³/mol. The average Bonchev–Trinajstić information content (AvgIpc) is 2.97. The molecule has 1 aromatic carbocycles. The number of rotatable bonds is 6. The topological polar surface area (TPSA) is 113 Å². The number of hydrogen-bond acceptors (Lipinski definition) is 4. The van der Waals surface area contributed by atoms with Crippen LogP contribution in [0.15, 0.2) is 12.1 Å². The Morgan fingerprint density at radius 2 is 1.68 bits per heavy atom. The molecule has 1 aromatic rings. The molecule has 6 rings (SSSR count). The van der Waals surface area contributed by atoms with Gasteiger partial charge in [-0.3, -0.25) is 13.9 Å². The fourth-order valence-corrected chi connectivity index (χ4v) is 9.87. The number of anilines is 1. The van der Waals surface area contributed by atoms with Crippen LogP contribution in [0.4, 0.5) is 5.69 Å². The summed E-state index contributed by atoms with van der Waals surface area (Å²) in [6.45, 7) is 0.00248. The van der Waals surface area contributed by atoms with Crippen LogP contribution in [0.5, 0.6) is 0 Å². The number of benzene rings is 1. The summed E-state index contributed by atoms with van der Waals surface area (Å²) in [4.78, 5) is 24.6. The molecule has 4 saturated carbocycles. The van der Waals surface area contributed by atoms with Gasteiger partial charge in [0.1, 0.15) is 0 Å². The summed E-state index contributed by atoms with van der Waals surface area (Å²) >= 11 is 18.4. The van der Waals surface area contributed by atoms with E-state index in [0.717, 1.165) is 40.7 Å². The molecule has 0 aromatic heterocycles. The van der Waals surface area contributed by atoms with E-state index < -0.39 is 10.2 Å². The number of carbonyl (C=O) groups excluding carboxylic acids is 2. The highest BCUT2D eigenvalue weighted by Gasteiger charge is 2.56. The smallest absolute Gasteiger partial charge is 0.304 e. The van der Waals surface area contributed by atoms with Crippen molar-refractivity contribution < 1.29 is 18.0 Å². The van der Waals surface area contributed by atoms with Crippen LogP contribution < -0.4 is 15.4 Å². The number of nitrogens with two attached hydrogens (primary N) is 1. The fraction of sp³-hybridized carbons (Fsp3) is 0.636. The fourth-order valence-electron chi connectivity index (χ4n) is 7.14. The van der Waals surface area contributed by atoms with E-state index in [1.54, 1.807) is 0 Å². The maximum Gasteiger partial charge on any atom is 0.304 e. The first-order valence-electron chi connectivity index (χ1n) is 11.5. The van der Waals surface area contributed by atoms with E-state index in [2.05, 4.69) is 5.32 Å². The Balaban J connectivity index is 1.26. The minimum Gasteiger partial charge on any atom is -0.370 e. The van der Waals surface area contributed by atoms with Gasteiger partial charge in [0.15, 0.2) is 0 Å². The molecular formula is C22H27Cl3N4O4S. The SMILES string of the molecule is NC(=O)CC12CC3CC(C1)C(NC(=O)CN1CCN(c4c(Cl)cc(Cl)cc4Cl)S1(=O)=O)C(C3)C2. The molecule has 4 aliphatic carbocycles. The molecule has 1 saturated heterocycles. The third-order valence-electron chi connectivity index (χ3n) is 7.99. The van der Waals surface area contributed by atoms with Crippen molar-refractivity contribution in [2.75, 3.05) is 23.9 Å². The zero-order chi connectivity index (χ0) is 24.4. The van der Waals surface area contributed by atoms with Crippen LogP contribution in [0.2, 0.25) is 15.1 Å². The van der Waals surface area contributed by atoms with Gasteiger partial charge in [0, 0.05) is 30.6 Å². The van der Waals surface area contributed by atoms with Gasteiger partial charge >= 0.3 is 10.2 Å². The minimum atomic E-state index is -3.98. The van der Waals surface area contributed by atoms with Gasteiger partial charge in [0.25, 0.3) is 0 Å². The Kier molecular flexibility index (Phi) is 6.25. The normalized spacial score (nSPS) is 33.9. The Hall–Kier alpha value is -1.26. The van der Waals surface area contributed by atoms with Crippen molar-refractivity contribution in [3.05, 3.63) is 27.2 Å². The van der Waals surface area contributed by atoms with E-state index in [0.29, 0.717) is 29.2 Å². The summed E-state index contributed by atoms with van der Waals surface area (Å²) in [5.41, 5.74) is 5.66. The second-order valence-corrected chi connectivity index (χ2v) is 13.4. The molecule has 1 heterocycles. The number of nitrogens with zero attached hydrogens (tertiary/aromatic N) is 2. The van der Waals surface area contributed by atoms with E-state index in [1.165, 1.54) is 12.1 Å². The number of halogens is 3. The predicted octanol–water partition coefficient (Wildman–Crippen LogP) is 3.20. The van der Waals surface area contributed by atoms with Gasteiger partial charge in [0.2, 0.25) is 11.8 Å². The Labute approximate surface area is 214 Å². The Bertz CT molecular complexity index is 1110. The molecule has 12 heteroatoms. The lowest BCUT2D eigenvalue weighted by molar-refractivity contribution is -0.134. The Morgan fingerprint density at radius 1 is 1.06 bits per heavy atom. The van der Waals surface area contributed by atoms with Gasteiger partial charge in [-0.1, -0.05) is 34.8 Å². The standard InChI is InChI=1S/C22H27Cl3N4O4S/c23-15-5-16(24)21(17(25)6-15)29-2-1-28(34(29,32)33)11-19(31)27-20-13-3-12-4-14(20)9-22(7-12,8-13)10-18(26)30/h5-6,12-14,20H,1-4,7-11H2,(H2,26,30)(H,27,31). The number of hydrogen-bond donors (Lipinski definition) is 2. The van der Waals surface area contributed by atoms with Crippen molar-refractivity contribution in [1.82, 2.24) is 9.62 Å². The van der Waals surface area contributed by atoms with Crippen molar-refractivity contribution in [3.63, 3.8) is 0 Å². The molecule has 0 spiro atoms. The minimum absolute atomic E-state index is 0.00613. The van der Waals surface area contributed by atoms with Gasteiger partial charge in [-0.2, -0.15) is 12.7 Å². The zero-order valence-electron chi connectivity index (χ0n) is 18.5. The van der Waals surface area contributed by atoms with Gasteiger partial charge in [-0.25, -0.2) is 0 Å². The number of carbonyl (C=O) groups is 2. The average molecular weight is 550 g/mol. The van der Waals surface area contributed by atoms with Crippen LogP contribution in [0.25, 0.3) is 0 Å². The molecule has 34 heavy (non-hydrogen) atoms. The van der Waals surface area contributed by atoms with E-state index in [1.807, 2.05) is 0 Å². The molecule has 2 atom stereocenters. The second-order valence-electron chi connectivity index (χ2n) is 10.3. The van der Waals surface area contributed by atoms with E-state index in [-0.39, 0.29) is 58.6 Å². The summed E-state index contributed by atoms with van der Waals surface area (Å²) < 4.78 is 28.6. The third kappa shape index (κ3) is 4.28. The van der Waals surface area contributed by atoms with Crippen LogP contribution in [-0.4, -0.2) is 50.2 Å². The maximum atomic E-state index is 13.2. The summed E-state index contributed by atoms with van der Waals surface area (Å²) in [6, 6.07) is 2.88. The summed E-state index contributed by atoms with van der Waals surface area (Å²) in [6.07, 6.45) is 5.29. The van der Waals surface area contributed by atoms with Crippen molar-refractivity contribution in [1.29, 1.82) is 0 Å².